The lowest BCUT2D eigenvalue weighted by Gasteiger charge is -2.08. The molecule has 0 aliphatic heterocycles. The maximum Gasteiger partial charge on any atom is 0.0753 e. The Kier molecular flexibility index (Phi) is 3.17. The van der Waals surface area contributed by atoms with Gasteiger partial charge in [0.2, 0.25) is 0 Å². The zero-order chi connectivity index (χ0) is 8.97. The molecule has 3 nitrogen and oxygen atoms in total. The van der Waals surface area contributed by atoms with E-state index in [-0.39, 0.29) is 0 Å². The first-order chi connectivity index (χ1) is 5.70. The van der Waals surface area contributed by atoms with E-state index in [4.69, 9.17) is 0 Å². The van der Waals surface area contributed by atoms with Crippen molar-refractivity contribution in [3.63, 3.8) is 0 Å². The molecule has 1 aromatic heterocycles. The Balaban J connectivity index is 2.57. The summed E-state index contributed by atoms with van der Waals surface area (Å²) in [4.78, 5) is 8.38. The molecule has 1 heterocycles. The molecule has 0 fully saturated rings. The van der Waals surface area contributed by atoms with Gasteiger partial charge in [0.25, 0.3) is 0 Å². The zero-order valence-corrected chi connectivity index (χ0v) is 7.83. The van der Waals surface area contributed by atoms with Gasteiger partial charge in [0.1, 0.15) is 0 Å². The second-order valence-electron chi connectivity index (χ2n) is 3.12. The molecule has 0 bridgehead atoms. The Morgan fingerprint density at radius 2 is 2.00 bits per heavy atom. The standard InChI is InChI=1S/C9H15N3/c1-7(2)12-6-9-8(3)10-4-5-11-9/h4-5,7,12H,6H2,1-3H3. The molecule has 0 unspecified atom stereocenters. The number of rotatable bonds is 3. The maximum absolute atomic E-state index is 4.23. The van der Waals surface area contributed by atoms with Crippen LogP contribution in [0.5, 0.6) is 0 Å². The van der Waals surface area contributed by atoms with Crippen molar-refractivity contribution in [3.05, 3.63) is 23.8 Å². The summed E-state index contributed by atoms with van der Waals surface area (Å²) in [7, 11) is 0. The van der Waals surface area contributed by atoms with E-state index in [1.807, 2.05) is 6.92 Å². The molecule has 0 aliphatic carbocycles. The third-order valence-corrected chi connectivity index (χ3v) is 1.66. The van der Waals surface area contributed by atoms with E-state index < -0.39 is 0 Å². The minimum absolute atomic E-state index is 0.492. The van der Waals surface area contributed by atoms with Crippen molar-refractivity contribution >= 4 is 0 Å². The minimum Gasteiger partial charge on any atom is -0.309 e. The lowest BCUT2D eigenvalue weighted by Crippen LogP contribution is -2.23. The van der Waals surface area contributed by atoms with Crippen LogP contribution in [0.1, 0.15) is 25.2 Å². The fourth-order valence-corrected chi connectivity index (χ4v) is 0.911. The van der Waals surface area contributed by atoms with Gasteiger partial charge in [-0.1, -0.05) is 13.8 Å². The molecule has 12 heavy (non-hydrogen) atoms. The molecule has 0 aliphatic rings. The van der Waals surface area contributed by atoms with Gasteiger partial charge in [0, 0.05) is 25.0 Å². The lowest BCUT2D eigenvalue weighted by molar-refractivity contribution is 0.578. The van der Waals surface area contributed by atoms with Crippen molar-refractivity contribution in [1.29, 1.82) is 0 Å². The Labute approximate surface area is 73.2 Å². The van der Waals surface area contributed by atoms with Gasteiger partial charge in [-0.25, -0.2) is 0 Å². The first kappa shape index (κ1) is 9.13. The number of nitrogens with zero attached hydrogens (tertiary/aromatic N) is 2. The van der Waals surface area contributed by atoms with Gasteiger partial charge in [0.15, 0.2) is 0 Å². The number of hydrogen-bond donors (Lipinski definition) is 1. The van der Waals surface area contributed by atoms with Crippen molar-refractivity contribution in [3.8, 4) is 0 Å². The molecular weight excluding hydrogens is 150 g/mol. The third kappa shape index (κ3) is 2.58. The second kappa shape index (κ2) is 4.16. The smallest absolute Gasteiger partial charge is 0.0753 e. The molecular formula is C9H15N3. The van der Waals surface area contributed by atoms with Crippen LogP contribution in [0.15, 0.2) is 12.4 Å². The van der Waals surface area contributed by atoms with Gasteiger partial charge in [-0.3, -0.25) is 9.97 Å². The molecule has 0 amide bonds. The first-order valence-corrected chi connectivity index (χ1v) is 4.20. The molecule has 0 atom stereocenters. The maximum atomic E-state index is 4.23. The average Bonchev–Trinajstić information content (AvgIpc) is 2.03. The predicted molar refractivity (Wildman–Crippen MR) is 48.7 cm³/mol. The Bertz CT molecular complexity index is 245. The van der Waals surface area contributed by atoms with E-state index >= 15 is 0 Å². The third-order valence-electron chi connectivity index (χ3n) is 1.66. The molecule has 0 saturated carbocycles. The van der Waals surface area contributed by atoms with Gasteiger partial charge in [-0.05, 0) is 6.92 Å². The molecule has 0 aromatic carbocycles. The monoisotopic (exact) mass is 165 g/mol. The van der Waals surface area contributed by atoms with E-state index in [1.54, 1.807) is 12.4 Å². The van der Waals surface area contributed by atoms with Crippen LogP contribution in [0.3, 0.4) is 0 Å². The van der Waals surface area contributed by atoms with Crippen LogP contribution >= 0.6 is 0 Å². The summed E-state index contributed by atoms with van der Waals surface area (Å²) in [6.07, 6.45) is 3.44. The Morgan fingerprint density at radius 3 is 2.58 bits per heavy atom. The second-order valence-corrected chi connectivity index (χ2v) is 3.12. The highest BCUT2D eigenvalue weighted by Crippen LogP contribution is 1.98. The van der Waals surface area contributed by atoms with Crippen molar-refractivity contribution in [2.24, 2.45) is 0 Å². The summed E-state index contributed by atoms with van der Waals surface area (Å²) in [5.74, 6) is 0. The van der Waals surface area contributed by atoms with Gasteiger partial charge >= 0.3 is 0 Å². The number of aromatic nitrogens is 2. The summed E-state index contributed by atoms with van der Waals surface area (Å²) >= 11 is 0. The van der Waals surface area contributed by atoms with E-state index in [0.717, 1.165) is 17.9 Å². The molecule has 66 valence electrons. The lowest BCUT2D eigenvalue weighted by atomic mass is 10.3. The first-order valence-electron chi connectivity index (χ1n) is 4.20. The van der Waals surface area contributed by atoms with E-state index in [2.05, 4.69) is 29.1 Å². The van der Waals surface area contributed by atoms with Crippen LogP contribution in [-0.2, 0) is 6.54 Å². The average molecular weight is 165 g/mol. The number of aryl methyl sites for hydroxylation is 1. The van der Waals surface area contributed by atoms with Gasteiger partial charge in [-0.15, -0.1) is 0 Å². The molecule has 1 aromatic rings. The van der Waals surface area contributed by atoms with Crippen molar-refractivity contribution in [2.75, 3.05) is 0 Å². The quantitative estimate of drug-likeness (QED) is 0.733. The zero-order valence-electron chi connectivity index (χ0n) is 7.83. The summed E-state index contributed by atoms with van der Waals surface area (Å²) in [6.45, 7) is 7.01. The SMILES string of the molecule is Cc1nccnc1CNC(C)C. The van der Waals surface area contributed by atoms with Crippen LogP contribution in [0, 0.1) is 6.92 Å². The topological polar surface area (TPSA) is 37.8 Å². The molecule has 0 radical (unpaired) electrons. The van der Waals surface area contributed by atoms with Crippen LogP contribution in [0.25, 0.3) is 0 Å². The van der Waals surface area contributed by atoms with E-state index in [0.29, 0.717) is 6.04 Å². The Hall–Kier alpha value is -0.960. The summed E-state index contributed by atoms with van der Waals surface area (Å²) in [5, 5.41) is 3.30. The highest BCUT2D eigenvalue weighted by atomic mass is 14.9. The molecule has 1 N–H and O–H groups in total. The molecule has 3 heteroatoms. The largest absolute Gasteiger partial charge is 0.309 e. The summed E-state index contributed by atoms with van der Waals surface area (Å²) < 4.78 is 0. The summed E-state index contributed by atoms with van der Waals surface area (Å²) in [5.41, 5.74) is 2.04. The predicted octanol–water partition coefficient (Wildman–Crippen LogP) is 1.28. The molecule has 0 spiro atoms. The van der Waals surface area contributed by atoms with Gasteiger partial charge in [-0.2, -0.15) is 0 Å². The Morgan fingerprint density at radius 1 is 1.33 bits per heavy atom. The minimum atomic E-state index is 0.492. The van der Waals surface area contributed by atoms with Crippen molar-refractivity contribution in [1.82, 2.24) is 15.3 Å². The van der Waals surface area contributed by atoms with Crippen LogP contribution in [0.2, 0.25) is 0 Å². The summed E-state index contributed by atoms with van der Waals surface area (Å²) in [6, 6.07) is 0.492. The van der Waals surface area contributed by atoms with Gasteiger partial charge in [0.05, 0.1) is 11.4 Å². The number of nitrogens with one attached hydrogen (secondary N) is 1. The fourth-order valence-electron chi connectivity index (χ4n) is 0.911. The molecule has 1 rings (SSSR count). The van der Waals surface area contributed by atoms with E-state index in [9.17, 15) is 0 Å². The van der Waals surface area contributed by atoms with Crippen molar-refractivity contribution < 1.29 is 0 Å². The van der Waals surface area contributed by atoms with Crippen LogP contribution in [-0.4, -0.2) is 16.0 Å². The normalized spacial score (nSPS) is 10.7. The fraction of sp³-hybridized carbons (Fsp3) is 0.556. The van der Waals surface area contributed by atoms with Crippen molar-refractivity contribution in [2.45, 2.75) is 33.4 Å². The van der Waals surface area contributed by atoms with Gasteiger partial charge < -0.3 is 5.32 Å². The highest BCUT2D eigenvalue weighted by Gasteiger charge is 1.99. The van der Waals surface area contributed by atoms with E-state index in [1.165, 1.54) is 0 Å². The number of hydrogen-bond acceptors (Lipinski definition) is 3. The molecule has 0 saturated heterocycles. The van der Waals surface area contributed by atoms with Crippen LogP contribution < -0.4 is 5.32 Å². The van der Waals surface area contributed by atoms with Crippen LogP contribution in [0.4, 0.5) is 0 Å². The highest BCUT2D eigenvalue weighted by molar-refractivity contribution is 5.07.